The maximum atomic E-state index is 12.5. The average Bonchev–Trinajstić information content (AvgIpc) is 2.37. The lowest BCUT2D eigenvalue weighted by atomic mass is 10.2. The van der Waals surface area contributed by atoms with E-state index in [1.807, 2.05) is 19.1 Å². The van der Waals surface area contributed by atoms with Crippen molar-refractivity contribution in [3.05, 3.63) is 59.4 Å². The van der Waals surface area contributed by atoms with Crippen molar-refractivity contribution in [1.29, 1.82) is 0 Å². The van der Waals surface area contributed by atoms with E-state index in [2.05, 4.69) is 4.98 Å². The molecule has 1 aromatic carbocycles. The summed E-state index contributed by atoms with van der Waals surface area (Å²) in [5, 5.41) is 0. The lowest BCUT2D eigenvalue weighted by Gasteiger charge is -2.10. The number of nitrogens with zero attached hydrogens (tertiary/aromatic N) is 1. The van der Waals surface area contributed by atoms with Gasteiger partial charge in [-0.15, -0.1) is 0 Å². The molecular weight excluding hydrogens is 255 g/mol. The van der Waals surface area contributed by atoms with Gasteiger partial charge in [0.2, 0.25) is 0 Å². The van der Waals surface area contributed by atoms with Gasteiger partial charge >= 0.3 is 6.18 Å². The third kappa shape index (κ3) is 3.71. The molecule has 0 amide bonds. The first kappa shape index (κ1) is 13.4. The molecule has 0 atom stereocenters. The zero-order valence-electron chi connectivity index (χ0n) is 10.2. The first-order chi connectivity index (χ1) is 8.95. The number of aryl methyl sites for hydroxylation is 1. The summed E-state index contributed by atoms with van der Waals surface area (Å²) >= 11 is 0. The van der Waals surface area contributed by atoms with Crippen molar-refractivity contribution in [3.8, 4) is 5.75 Å². The molecule has 1 heterocycles. The number of alkyl halides is 3. The zero-order valence-corrected chi connectivity index (χ0v) is 10.2. The fourth-order valence-electron chi connectivity index (χ4n) is 1.51. The van der Waals surface area contributed by atoms with Crippen LogP contribution < -0.4 is 4.74 Å². The predicted molar refractivity (Wildman–Crippen MR) is 64.8 cm³/mol. The monoisotopic (exact) mass is 267 g/mol. The van der Waals surface area contributed by atoms with Crippen molar-refractivity contribution < 1.29 is 17.9 Å². The summed E-state index contributed by atoms with van der Waals surface area (Å²) in [5.41, 5.74) is 0.970. The molecule has 2 aromatic rings. The fraction of sp³-hybridized carbons (Fsp3) is 0.214. The van der Waals surface area contributed by atoms with Gasteiger partial charge in [0.1, 0.15) is 12.4 Å². The summed E-state index contributed by atoms with van der Waals surface area (Å²) in [7, 11) is 0. The highest BCUT2D eigenvalue weighted by molar-refractivity contribution is 5.30. The van der Waals surface area contributed by atoms with Crippen molar-refractivity contribution in [1.82, 2.24) is 4.98 Å². The van der Waals surface area contributed by atoms with Crippen molar-refractivity contribution in [2.45, 2.75) is 19.7 Å². The Bertz CT molecular complexity index is 549. The van der Waals surface area contributed by atoms with Gasteiger partial charge in [-0.05, 0) is 31.2 Å². The number of halogens is 3. The number of hydrogen-bond acceptors (Lipinski definition) is 2. The topological polar surface area (TPSA) is 22.1 Å². The van der Waals surface area contributed by atoms with Crippen LogP contribution in [0.3, 0.4) is 0 Å². The van der Waals surface area contributed by atoms with Gasteiger partial charge in [-0.2, -0.15) is 13.2 Å². The number of aromatic nitrogens is 1. The molecule has 0 aliphatic rings. The number of pyridine rings is 1. The minimum atomic E-state index is -4.36. The van der Waals surface area contributed by atoms with Crippen LogP contribution in [-0.4, -0.2) is 4.98 Å². The number of benzene rings is 1. The number of hydrogen-bond donors (Lipinski definition) is 0. The van der Waals surface area contributed by atoms with Crippen LogP contribution in [0.2, 0.25) is 0 Å². The first-order valence-electron chi connectivity index (χ1n) is 5.67. The van der Waals surface area contributed by atoms with Gasteiger partial charge < -0.3 is 4.74 Å². The van der Waals surface area contributed by atoms with Crippen LogP contribution in [0.4, 0.5) is 13.2 Å². The largest absolute Gasteiger partial charge is 0.489 e. The Morgan fingerprint density at radius 3 is 2.58 bits per heavy atom. The molecule has 1 aromatic heterocycles. The Morgan fingerprint density at radius 2 is 1.95 bits per heavy atom. The Morgan fingerprint density at radius 1 is 1.16 bits per heavy atom. The third-order valence-electron chi connectivity index (χ3n) is 2.54. The van der Waals surface area contributed by atoms with Gasteiger partial charge in [0.05, 0.1) is 5.56 Å². The third-order valence-corrected chi connectivity index (χ3v) is 2.54. The number of ether oxygens (including phenoxy) is 1. The molecular formula is C14H12F3NO. The van der Waals surface area contributed by atoms with E-state index < -0.39 is 11.7 Å². The van der Waals surface area contributed by atoms with Crippen LogP contribution in [0.25, 0.3) is 0 Å². The molecule has 0 aliphatic carbocycles. The molecule has 2 nitrogen and oxygen atoms in total. The van der Waals surface area contributed by atoms with Gasteiger partial charge in [0, 0.05) is 17.5 Å². The van der Waals surface area contributed by atoms with Crippen LogP contribution in [-0.2, 0) is 12.8 Å². The summed E-state index contributed by atoms with van der Waals surface area (Å²) in [6, 6.07) is 8.48. The maximum absolute atomic E-state index is 12.5. The van der Waals surface area contributed by atoms with E-state index in [1.165, 1.54) is 12.1 Å². The molecule has 0 radical (unpaired) electrons. The van der Waals surface area contributed by atoms with E-state index in [0.29, 0.717) is 0 Å². The Balaban J connectivity index is 2.05. The van der Waals surface area contributed by atoms with Gasteiger partial charge in [-0.25, -0.2) is 0 Å². The highest BCUT2D eigenvalue weighted by Gasteiger charge is 2.30. The van der Waals surface area contributed by atoms with E-state index in [4.69, 9.17) is 4.74 Å². The minimum absolute atomic E-state index is 0.189. The molecule has 0 saturated heterocycles. The quantitative estimate of drug-likeness (QED) is 0.839. The molecule has 0 aliphatic heterocycles. The summed E-state index contributed by atoms with van der Waals surface area (Å²) in [4.78, 5) is 4.09. The Kier molecular flexibility index (Phi) is 3.74. The molecule has 0 N–H and O–H groups in total. The van der Waals surface area contributed by atoms with E-state index in [1.54, 1.807) is 6.20 Å². The Labute approximate surface area is 108 Å². The van der Waals surface area contributed by atoms with Gasteiger partial charge in [0.25, 0.3) is 0 Å². The summed E-state index contributed by atoms with van der Waals surface area (Å²) in [6.45, 7) is 2.05. The highest BCUT2D eigenvalue weighted by Crippen LogP contribution is 2.31. The first-order valence-corrected chi connectivity index (χ1v) is 5.67. The van der Waals surface area contributed by atoms with Crippen molar-refractivity contribution >= 4 is 0 Å². The second-order valence-electron chi connectivity index (χ2n) is 4.12. The van der Waals surface area contributed by atoms with E-state index in [0.717, 1.165) is 23.4 Å². The normalized spacial score (nSPS) is 11.4. The van der Waals surface area contributed by atoms with Gasteiger partial charge in [0.15, 0.2) is 0 Å². The SMILES string of the molecule is Cc1ccc(COc2cccc(C(F)(F)F)c2)cn1. The minimum Gasteiger partial charge on any atom is -0.489 e. The van der Waals surface area contributed by atoms with E-state index in [9.17, 15) is 13.2 Å². The molecule has 100 valence electrons. The molecule has 0 spiro atoms. The summed E-state index contributed by atoms with van der Waals surface area (Å²) in [6.07, 6.45) is -2.71. The summed E-state index contributed by atoms with van der Waals surface area (Å²) in [5.74, 6) is 0.190. The lowest BCUT2D eigenvalue weighted by Crippen LogP contribution is -2.05. The van der Waals surface area contributed by atoms with Crippen LogP contribution >= 0.6 is 0 Å². The van der Waals surface area contributed by atoms with E-state index in [-0.39, 0.29) is 12.4 Å². The molecule has 0 unspecified atom stereocenters. The summed E-state index contributed by atoms with van der Waals surface area (Å²) < 4.78 is 42.9. The molecule has 5 heteroatoms. The van der Waals surface area contributed by atoms with Gasteiger partial charge in [-0.3, -0.25) is 4.98 Å². The average molecular weight is 267 g/mol. The zero-order chi connectivity index (χ0) is 13.9. The lowest BCUT2D eigenvalue weighted by molar-refractivity contribution is -0.137. The second kappa shape index (κ2) is 5.30. The van der Waals surface area contributed by atoms with Crippen molar-refractivity contribution in [3.63, 3.8) is 0 Å². The van der Waals surface area contributed by atoms with Crippen LogP contribution in [0.15, 0.2) is 42.6 Å². The second-order valence-corrected chi connectivity index (χ2v) is 4.12. The van der Waals surface area contributed by atoms with Crippen molar-refractivity contribution in [2.24, 2.45) is 0 Å². The van der Waals surface area contributed by atoms with Crippen LogP contribution in [0.1, 0.15) is 16.8 Å². The molecule has 0 bridgehead atoms. The Hall–Kier alpha value is -2.04. The highest BCUT2D eigenvalue weighted by atomic mass is 19.4. The van der Waals surface area contributed by atoms with E-state index >= 15 is 0 Å². The standard InChI is InChI=1S/C14H12F3NO/c1-10-5-6-11(8-18-10)9-19-13-4-2-3-12(7-13)14(15,16)17/h2-8H,9H2,1H3. The molecule has 0 fully saturated rings. The van der Waals surface area contributed by atoms with Crippen LogP contribution in [0.5, 0.6) is 5.75 Å². The van der Waals surface area contributed by atoms with Crippen molar-refractivity contribution in [2.75, 3.05) is 0 Å². The smallest absolute Gasteiger partial charge is 0.416 e. The van der Waals surface area contributed by atoms with Crippen LogP contribution in [0, 0.1) is 6.92 Å². The molecule has 19 heavy (non-hydrogen) atoms. The molecule has 0 saturated carbocycles. The van der Waals surface area contributed by atoms with Gasteiger partial charge in [-0.1, -0.05) is 12.1 Å². The maximum Gasteiger partial charge on any atom is 0.416 e. The predicted octanol–water partition coefficient (Wildman–Crippen LogP) is 3.99. The molecule has 2 rings (SSSR count). The number of rotatable bonds is 3. The fourth-order valence-corrected chi connectivity index (χ4v) is 1.51.